The number of hydrogen-bond donors (Lipinski definition) is 1. The third kappa shape index (κ3) is 3.92. The van der Waals surface area contributed by atoms with E-state index >= 15 is 0 Å². The fraction of sp³-hybridized carbons (Fsp3) is 0.625. The third-order valence-corrected chi connectivity index (χ3v) is 4.74. The van der Waals surface area contributed by atoms with E-state index in [9.17, 15) is 0 Å². The van der Waals surface area contributed by atoms with Crippen molar-refractivity contribution < 1.29 is 0 Å². The highest BCUT2D eigenvalue weighted by Crippen LogP contribution is 2.20. The van der Waals surface area contributed by atoms with Gasteiger partial charge in [0.1, 0.15) is 5.01 Å². The summed E-state index contributed by atoms with van der Waals surface area (Å²) in [4.78, 5) is 5.91. The van der Waals surface area contributed by atoms with Crippen molar-refractivity contribution in [3.63, 3.8) is 0 Å². The standard InChI is InChI=1S/C16H26N4S/c1-10-13(4)21-15(18-10)9-20-12(3)14(11(2)19-20)8-17-16(5,6)7/h17H,8-9H2,1-7H3. The van der Waals surface area contributed by atoms with E-state index in [1.807, 2.05) is 0 Å². The van der Waals surface area contributed by atoms with Gasteiger partial charge in [-0.15, -0.1) is 11.3 Å². The second-order valence-corrected chi connectivity index (χ2v) is 7.95. The normalized spacial score (nSPS) is 12.1. The Labute approximate surface area is 131 Å². The molecule has 0 atom stereocenters. The van der Waals surface area contributed by atoms with Gasteiger partial charge in [0.15, 0.2) is 0 Å². The van der Waals surface area contributed by atoms with Gasteiger partial charge in [0.25, 0.3) is 0 Å². The molecule has 0 aliphatic heterocycles. The van der Waals surface area contributed by atoms with Gasteiger partial charge < -0.3 is 5.32 Å². The van der Waals surface area contributed by atoms with Crippen molar-refractivity contribution in [3.05, 3.63) is 32.5 Å². The van der Waals surface area contributed by atoms with E-state index in [2.05, 4.69) is 68.5 Å². The fourth-order valence-corrected chi connectivity index (χ4v) is 3.15. The Balaban J connectivity index is 2.18. The quantitative estimate of drug-likeness (QED) is 0.940. The molecule has 2 aromatic heterocycles. The van der Waals surface area contributed by atoms with E-state index in [1.54, 1.807) is 11.3 Å². The summed E-state index contributed by atoms with van der Waals surface area (Å²) in [6.07, 6.45) is 0. The number of aromatic nitrogens is 3. The van der Waals surface area contributed by atoms with Gasteiger partial charge in [0.05, 0.1) is 17.9 Å². The lowest BCUT2D eigenvalue weighted by Gasteiger charge is -2.20. The molecule has 2 heterocycles. The van der Waals surface area contributed by atoms with E-state index in [1.165, 1.54) is 16.1 Å². The molecule has 0 amide bonds. The fourth-order valence-electron chi connectivity index (χ4n) is 2.23. The molecule has 1 N–H and O–H groups in total. The van der Waals surface area contributed by atoms with E-state index in [-0.39, 0.29) is 5.54 Å². The largest absolute Gasteiger partial charge is 0.308 e. The van der Waals surface area contributed by atoms with Crippen LogP contribution in [0.15, 0.2) is 0 Å². The highest BCUT2D eigenvalue weighted by Gasteiger charge is 2.16. The first-order chi connectivity index (χ1) is 9.67. The maximum atomic E-state index is 4.69. The average Bonchev–Trinajstić information content (AvgIpc) is 2.78. The smallest absolute Gasteiger partial charge is 0.115 e. The summed E-state index contributed by atoms with van der Waals surface area (Å²) in [5.74, 6) is 0. The summed E-state index contributed by atoms with van der Waals surface area (Å²) in [5.41, 5.74) is 4.88. The topological polar surface area (TPSA) is 42.7 Å². The molecule has 0 unspecified atom stereocenters. The Morgan fingerprint density at radius 1 is 1.10 bits per heavy atom. The molecule has 2 aromatic rings. The van der Waals surface area contributed by atoms with Crippen LogP contribution in [-0.2, 0) is 13.1 Å². The van der Waals surface area contributed by atoms with Crippen LogP contribution < -0.4 is 5.32 Å². The summed E-state index contributed by atoms with van der Waals surface area (Å²) >= 11 is 1.76. The summed E-state index contributed by atoms with van der Waals surface area (Å²) in [6.45, 7) is 16.6. The molecule has 0 aromatic carbocycles. The lowest BCUT2D eigenvalue weighted by atomic mass is 10.1. The first kappa shape index (κ1) is 16.2. The van der Waals surface area contributed by atoms with E-state index < -0.39 is 0 Å². The minimum Gasteiger partial charge on any atom is -0.308 e. The maximum Gasteiger partial charge on any atom is 0.115 e. The summed E-state index contributed by atoms with van der Waals surface area (Å²) in [7, 11) is 0. The Hall–Kier alpha value is -1.20. The predicted molar refractivity (Wildman–Crippen MR) is 89.0 cm³/mol. The molecule has 0 saturated heterocycles. The predicted octanol–water partition coefficient (Wildman–Crippen LogP) is 3.51. The highest BCUT2D eigenvalue weighted by molar-refractivity contribution is 7.11. The Morgan fingerprint density at radius 3 is 2.29 bits per heavy atom. The number of rotatable bonds is 4. The van der Waals surface area contributed by atoms with Crippen LogP contribution in [0.1, 0.15) is 53.3 Å². The van der Waals surface area contributed by atoms with Crippen LogP contribution in [-0.4, -0.2) is 20.3 Å². The molecule has 0 spiro atoms. The van der Waals surface area contributed by atoms with Gasteiger partial charge >= 0.3 is 0 Å². The number of nitrogens with zero attached hydrogens (tertiary/aromatic N) is 3. The molecule has 0 aliphatic rings. The minimum absolute atomic E-state index is 0.116. The monoisotopic (exact) mass is 306 g/mol. The molecule has 0 saturated carbocycles. The molecule has 4 nitrogen and oxygen atoms in total. The van der Waals surface area contributed by atoms with Crippen LogP contribution in [0.25, 0.3) is 0 Å². The van der Waals surface area contributed by atoms with Gasteiger partial charge in [-0.25, -0.2) is 4.98 Å². The Bertz CT molecular complexity index is 612. The number of hydrogen-bond acceptors (Lipinski definition) is 4. The van der Waals surface area contributed by atoms with Crippen molar-refractivity contribution in [1.29, 1.82) is 0 Å². The van der Waals surface area contributed by atoms with Crippen molar-refractivity contribution in [2.75, 3.05) is 0 Å². The SMILES string of the molecule is Cc1nc(Cn2nc(C)c(CNC(C)(C)C)c2C)sc1C. The van der Waals surface area contributed by atoms with Crippen LogP contribution >= 0.6 is 11.3 Å². The highest BCUT2D eigenvalue weighted by atomic mass is 32.1. The average molecular weight is 306 g/mol. The molecule has 0 bridgehead atoms. The van der Waals surface area contributed by atoms with E-state index in [0.29, 0.717) is 0 Å². The van der Waals surface area contributed by atoms with Crippen LogP contribution in [0.4, 0.5) is 0 Å². The molecular weight excluding hydrogens is 280 g/mol. The minimum atomic E-state index is 0.116. The van der Waals surface area contributed by atoms with Crippen molar-refractivity contribution in [2.24, 2.45) is 0 Å². The van der Waals surface area contributed by atoms with Crippen molar-refractivity contribution in [1.82, 2.24) is 20.1 Å². The second kappa shape index (κ2) is 5.89. The second-order valence-electron chi connectivity index (χ2n) is 6.66. The van der Waals surface area contributed by atoms with Gasteiger partial charge in [-0.3, -0.25) is 4.68 Å². The van der Waals surface area contributed by atoms with Crippen LogP contribution in [0.5, 0.6) is 0 Å². The van der Waals surface area contributed by atoms with Crippen LogP contribution in [0, 0.1) is 27.7 Å². The van der Waals surface area contributed by atoms with Gasteiger partial charge in [-0.1, -0.05) is 0 Å². The van der Waals surface area contributed by atoms with Gasteiger partial charge in [0.2, 0.25) is 0 Å². The molecule has 2 rings (SSSR count). The molecule has 5 heteroatoms. The number of thiazole rings is 1. The zero-order valence-electron chi connectivity index (χ0n) is 14.2. The van der Waals surface area contributed by atoms with E-state index in [4.69, 9.17) is 0 Å². The Morgan fingerprint density at radius 2 is 1.76 bits per heavy atom. The summed E-state index contributed by atoms with van der Waals surface area (Å²) < 4.78 is 2.08. The summed E-state index contributed by atoms with van der Waals surface area (Å²) in [5, 5.41) is 9.36. The maximum absolute atomic E-state index is 4.69. The number of nitrogens with one attached hydrogen (secondary N) is 1. The molecule has 0 aliphatic carbocycles. The van der Waals surface area contributed by atoms with Crippen molar-refractivity contribution in [3.8, 4) is 0 Å². The van der Waals surface area contributed by atoms with E-state index in [0.717, 1.165) is 29.5 Å². The van der Waals surface area contributed by atoms with Gasteiger partial charge in [-0.05, 0) is 48.5 Å². The summed E-state index contributed by atoms with van der Waals surface area (Å²) in [6, 6.07) is 0. The first-order valence-electron chi connectivity index (χ1n) is 7.38. The van der Waals surface area contributed by atoms with Crippen LogP contribution in [0.2, 0.25) is 0 Å². The van der Waals surface area contributed by atoms with Crippen molar-refractivity contribution >= 4 is 11.3 Å². The van der Waals surface area contributed by atoms with Gasteiger partial charge in [0, 0.05) is 28.2 Å². The zero-order chi connectivity index (χ0) is 15.8. The molecule has 116 valence electrons. The molecular formula is C16H26N4S. The Kier molecular flexibility index (Phi) is 4.54. The van der Waals surface area contributed by atoms with Crippen LogP contribution in [0.3, 0.4) is 0 Å². The molecule has 0 fully saturated rings. The first-order valence-corrected chi connectivity index (χ1v) is 8.20. The lowest BCUT2D eigenvalue weighted by Crippen LogP contribution is -2.35. The lowest BCUT2D eigenvalue weighted by molar-refractivity contribution is 0.423. The zero-order valence-corrected chi connectivity index (χ0v) is 15.0. The van der Waals surface area contributed by atoms with Crippen molar-refractivity contribution in [2.45, 2.75) is 67.1 Å². The van der Waals surface area contributed by atoms with Gasteiger partial charge in [-0.2, -0.15) is 5.10 Å². The molecule has 21 heavy (non-hydrogen) atoms. The third-order valence-electron chi connectivity index (χ3n) is 3.68. The number of aryl methyl sites for hydroxylation is 3. The molecule has 0 radical (unpaired) electrons.